The van der Waals surface area contributed by atoms with Gasteiger partial charge in [-0.1, -0.05) is 49.6 Å². The van der Waals surface area contributed by atoms with Crippen molar-refractivity contribution in [2.45, 2.75) is 51.1 Å². The Labute approximate surface area is 131 Å². The average molecular weight is 300 g/mol. The average Bonchev–Trinajstić information content (AvgIpc) is 2.82. The normalized spacial score (nSPS) is 23.3. The van der Waals surface area contributed by atoms with Gasteiger partial charge in [-0.05, 0) is 30.9 Å². The first kappa shape index (κ1) is 15.2. The van der Waals surface area contributed by atoms with E-state index in [1.807, 2.05) is 30.3 Å². The van der Waals surface area contributed by atoms with Gasteiger partial charge in [0, 0.05) is 0 Å². The maximum Gasteiger partial charge on any atom is 0.247 e. The number of nitrogens with zero attached hydrogens (tertiary/aromatic N) is 1. The summed E-state index contributed by atoms with van der Waals surface area (Å²) in [6.07, 6.45) is 6.72. The van der Waals surface area contributed by atoms with E-state index in [1.165, 1.54) is 37.0 Å². The zero-order valence-electron chi connectivity index (χ0n) is 13.0. The number of rotatable bonds is 5. The van der Waals surface area contributed by atoms with Gasteiger partial charge in [0.05, 0.1) is 19.0 Å². The molecule has 1 heterocycles. The Morgan fingerprint density at radius 3 is 2.50 bits per heavy atom. The molecule has 1 unspecified atom stereocenters. The number of likely N-dealkylation sites (tertiary alicyclic amines) is 1. The summed E-state index contributed by atoms with van der Waals surface area (Å²) in [4.78, 5) is 25.9. The fourth-order valence-corrected chi connectivity index (χ4v) is 3.47. The van der Waals surface area contributed by atoms with Crippen LogP contribution < -0.4 is 5.32 Å². The fraction of sp³-hybridized carbons (Fsp3) is 0.556. The van der Waals surface area contributed by atoms with Crippen molar-refractivity contribution >= 4 is 11.8 Å². The van der Waals surface area contributed by atoms with Crippen molar-refractivity contribution in [2.24, 2.45) is 5.92 Å². The highest BCUT2D eigenvalue weighted by atomic mass is 16.2. The number of imide groups is 1. The molecule has 3 rings (SSSR count). The Morgan fingerprint density at radius 2 is 1.77 bits per heavy atom. The summed E-state index contributed by atoms with van der Waals surface area (Å²) < 4.78 is 0. The van der Waals surface area contributed by atoms with Crippen LogP contribution in [0.25, 0.3) is 0 Å². The monoisotopic (exact) mass is 300 g/mol. The molecule has 1 aromatic carbocycles. The molecule has 1 aromatic rings. The summed E-state index contributed by atoms with van der Waals surface area (Å²) in [6.45, 7) is 1.25. The van der Waals surface area contributed by atoms with Crippen LogP contribution in [0.3, 0.4) is 0 Å². The third kappa shape index (κ3) is 3.55. The van der Waals surface area contributed by atoms with Crippen molar-refractivity contribution < 1.29 is 9.59 Å². The molecular weight excluding hydrogens is 276 g/mol. The highest BCUT2D eigenvalue weighted by Gasteiger charge is 2.38. The molecule has 1 aliphatic heterocycles. The molecule has 1 aliphatic carbocycles. The quantitative estimate of drug-likeness (QED) is 0.850. The van der Waals surface area contributed by atoms with Crippen molar-refractivity contribution in [3.63, 3.8) is 0 Å². The molecular formula is C18H24N2O2. The lowest BCUT2D eigenvalue weighted by Crippen LogP contribution is -2.40. The van der Waals surface area contributed by atoms with Crippen molar-refractivity contribution in [1.29, 1.82) is 0 Å². The predicted octanol–water partition coefficient (Wildman–Crippen LogP) is 2.48. The lowest BCUT2D eigenvalue weighted by molar-refractivity contribution is -0.139. The van der Waals surface area contributed by atoms with E-state index in [0.717, 1.165) is 12.1 Å². The smallest absolute Gasteiger partial charge is 0.247 e. The van der Waals surface area contributed by atoms with Gasteiger partial charge in [-0.3, -0.25) is 14.5 Å². The molecule has 4 heteroatoms. The van der Waals surface area contributed by atoms with Crippen LogP contribution in [-0.2, 0) is 16.1 Å². The number of amides is 2. The van der Waals surface area contributed by atoms with E-state index in [1.54, 1.807) is 0 Å². The predicted molar refractivity (Wildman–Crippen MR) is 85.0 cm³/mol. The Morgan fingerprint density at radius 1 is 1.05 bits per heavy atom. The molecule has 1 N–H and O–H groups in total. The molecule has 4 nitrogen and oxygen atoms in total. The lowest BCUT2D eigenvalue weighted by Gasteiger charge is -2.23. The number of nitrogens with one attached hydrogen (secondary N) is 1. The van der Waals surface area contributed by atoms with Gasteiger partial charge in [-0.15, -0.1) is 0 Å². The van der Waals surface area contributed by atoms with Crippen LogP contribution in [0.15, 0.2) is 30.3 Å². The third-order valence-corrected chi connectivity index (χ3v) is 4.81. The largest absolute Gasteiger partial charge is 0.305 e. The summed E-state index contributed by atoms with van der Waals surface area (Å²) in [6, 6.07) is 9.37. The summed E-state index contributed by atoms with van der Waals surface area (Å²) in [7, 11) is 0. The number of carbonyl (C=O) groups excluding carboxylic acids is 2. The van der Waals surface area contributed by atoms with E-state index in [0.29, 0.717) is 18.9 Å². The second-order valence-corrected chi connectivity index (χ2v) is 6.47. The minimum Gasteiger partial charge on any atom is -0.305 e. The van der Waals surface area contributed by atoms with E-state index in [4.69, 9.17) is 0 Å². The topological polar surface area (TPSA) is 49.4 Å². The van der Waals surface area contributed by atoms with E-state index in [-0.39, 0.29) is 17.9 Å². The van der Waals surface area contributed by atoms with Crippen LogP contribution in [0.5, 0.6) is 0 Å². The number of carbonyl (C=O) groups is 2. The second kappa shape index (κ2) is 7.05. The summed E-state index contributed by atoms with van der Waals surface area (Å²) in [5, 5.41) is 3.34. The molecule has 22 heavy (non-hydrogen) atoms. The van der Waals surface area contributed by atoms with Crippen molar-refractivity contribution in [2.75, 3.05) is 6.54 Å². The van der Waals surface area contributed by atoms with Crippen LogP contribution in [0, 0.1) is 5.92 Å². The van der Waals surface area contributed by atoms with E-state index in [2.05, 4.69) is 5.32 Å². The van der Waals surface area contributed by atoms with Crippen LogP contribution in [0.4, 0.5) is 0 Å². The summed E-state index contributed by atoms with van der Waals surface area (Å²) >= 11 is 0. The van der Waals surface area contributed by atoms with Gasteiger partial charge in [-0.25, -0.2) is 0 Å². The molecule has 1 saturated heterocycles. The fourth-order valence-electron chi connectivity index (χ4n) is 3.47. The van der Waals surface area contributed by atoms with E-state index >= 15 is 0 Å². The molecule has 2 amide bonds. The molecule has 0 radical (unpaired) electrons. The first-order valence-electron chi connectivity index (χ1n) is 8.35. The first-order chi connectivity index (χ1) is 10.7. The van der Waals surface area contributed by atoms with E-state index in [9.17, 15) is 9.59 Å². The van der Waals surface area contributed by atoms with Gasteiger partial charge in [0.25, 0.3) is 0 Å². The Balaban J connectivity index is 1.54. The zero-order chi connectivity index (χ0) is 15.4. The molecule has 1 atom stereocenters. The highest BCUT2D eigenvalue weighted by molar-refractivity contribution is 6.05. The minimum atomic E-state index is -0.321. The number of hydrogen-bond donors (Lipinski definition) is 1. The Hall–Kier alpha value is -1.68. The van der Waals surface area contributed by atoms with Gasteiger partial charge >= 0.3 is 0 Å². The summed E-state index contributed by atoms with van der Waals surface area (Å²) in [5.74, 6) is 0.541. The molecule has 2 fully saturated rings. The molecule has 118 valence electrons. The molecule has 1 saturated carbocycles. The first-order valence-corrected chi connectivity index (χ1v) is 8.35. The molecule has 0 spiro atoms. The SMILES string of the molecule is O=C1CC(NCC2CCCCC2)C(=O)N1Cc1ccccc1. The Kier molecular flexibility index (Phi) is 4.88. The number of benzene rings is 1. The van der Waals surface area contributed by atoms with Gasteiger partial charge in [0.2, 0.25) is 11.8 Å². The minimum absolute atomic E-state index is 0.0602. The standard InChI is InChI=1S/C18H24N2O2/c21-17-11-16(19-12-14-7-3-1-4-8-14)18(22)20(17)13-15-9-5-2-6-10-15/h2,5-6,9-10,14,16,19H,1,3-4,7-8,11-13H2. The van der Waals surface area contributed by atoms with Crippen LogP contribution in [0.2, 0.25) is 0 Å². The molecule has 2 aliphatic rings. The van der Waals surface area contributed by atoms with Crippen molar-refractivity contribution in [1.82, 2.24) is 10.2 Å². The molecule has 0 aromatic heterocycles. The lowest BCUT2D eigenvalue weighted by atomic mass is 9.89. The van der Waals surface area contributed by atoms with Gasteiger partial charge in [-0.2, -0.15) is 0 Å². The van der Waals surface area contributed by atoms with Crippen LogP contribution in [0.1, 0.15) is 44.1 Å². The van der Waals surface area contributed by atoms with Crippen molar-refractivity contribution in [3.8, 4) is 0 Å². The number of hydrogen-bond acceptors (Lipinski definition) is 3. The molecule has 0 bridgehead atoms. The van der Waals surface area contributed by atoms with Gasteiger partial charge in [0.1, 0.15) is 0 Å². The van der Waals surface area contributed by atoms with Crippen LogP contribution in [-0.4, -0.2) is 29.3 Å². The summed E-state index contributed by atoms with van der Waals surface area (Å²) in [5.41, 5.74) is 0.997. The van der Waals surface area contributed by atoms with Gasteiger partial charge in [0.15, 0.2) is 0 Å². The Bertz CT molecular complexity index is 523. The van der Waals surface area contributed by atoms with Crippen molar-refractivity contribution in [3.05, 3.63) is 35.9 Å². The van der Waals surface area contributed by atoms with Crippen LogP contribution >= 0.6 is 0 Å². The highest BCUT2D eigenvalue weighted by Crippen LogP contribution is 2.24. The maximum absolute atomic E-state index is 12.4. The second-order valence-electron chi connectivity index (χ2n) is 6.47. The maximum atomic E-state index is 12.4. The zero-order valence-corrected chi connectivity index (χ0v) is 13.0. The third-order valence-electron chi connectivity index (χ3n) is 4.81. The van der Waals surface area contributed by atoms with E-state index < -0.39 is 0 Å². The van der Waals surface area contributed by atoms with Gasteiger partial charge < -0.3 is 5.32 Å².